The molecule has 1 heterocycles. The molecule has 102 valence electrons. The summed E-state index contributed by atoms with van der Waals surface area (Å²) >= 11 is 0. The monoisotopic (exact) mass is 271 g/mol. The van der Waals surface area contributed by atoms with E-state index >= 15 is 0 Å². The molecule has 20 heavy (non-hydrogen) atoms. The summed E-state index contributed by atoms with van der Waals surface area (Å²) in [4.78, 5) is 27.4. The minimum absolute atomic E-state index is 0.334. The zero-order chi connectivity index (χ0) is 14.9. The molecule has 1 aliphatic rings. The lowest BCUT2D eigenvalue weighted by Crippen LogP contribution is -2.46. The molecule has 1 aliphatic heterocycles. The molecular weight excluding hydrogens is 258 g/mol. The maximum atomic E-state index is 11.8. The Morgan fingerprint density at radius 2 is 1.95 bits per heavy atom. The van der Waals surface area contributed by atoms with Gasteiger partial charge in [0.05, 0.1) is 12.1 Å². The molecule has 1 aromatic carbocycles. The van der Waals surface area contributed by atoms with Gasteiger partial charge in [-0.05, 0) is 19.4 Å². The Bertz CT molecular complexity index is 628. The Morgan fingerprint density at radius 3 is 2.45 bits per heavy atom. The standard InChI is InChI=1S/C14H13N3O3/c1-8-3-5-10(6-4-8)12-11(7-15)9(2)16-13(18)17(12)14(19)20/h3-6,11-12H,1-2H3,(H,19,20). The van der Waals surface area contributed by atoms with Gasteiger partial charge in [-0.2, -0.15) is 5.26 Å². The predicted octanol–water partition coefficient (Wildman–Crippen LogP) is 2.75. The van der Waals surface area contributed by atoms with Gasteiger partial charge in [0, 0.05) is 5.71 Å². The smallest absolute Gasteiger partial charge is 0.416 e. The summed E-state index contributed by atoms with van der Waals surface area (Å²) in [6.07, 6.45) is -1.41. The van der Waals surface area contributed by atoms with Crippen LogP contribution in [0.3, 0.4) is 0 Å². The van der Waals surface area contributed by atoms with Crippen LogP contribution in [-0.4, -0.2) is 27.8 Å². The van der Waals surface area contributed by atoms with E-state index in [9.17, 15) is 20.0 Å². The van der Waals surface area contributed by atoms with Gasteiger partial charge in [-0.3, -0.25) is 0 Å². The average Bonchev–Trinajstić information content (AvgIpc) is 2.38. The molecule has 1 N–H and O–H groups in total. The van der Waals surface area contributed by atoms with Gasteiger partial charge in [0.15, 0.2) is 0 Å². The number of urea groups is 1. The van der Waals surface area contributed by atoms with Crippen molar-refractivity contribution in [2.75, 3.05) is 0 Å². The number of hydrogen-bond acceptors (Lipinski definition) is 3. The Kier molecular flexibility index (Phi) is 3.53. The fourth-order valence-electron chi connectivity index (χ4n) is 2.24. The first-order valence-corrected chi connectivity index (χ1v) is 6.03. The van der Waals surface area contributed by atoms with Crippen molar-refractivity contribution in [3.05, 3.63) is 35.4 Å². The SMILES string of the molecule is CC1=NC(=O)N(C(=O)O)C(c2ccc(C)cc2)C1C#N. The van der Waals surface area contributed by atoms with Crippen LogP contribution in [-0.2, 0) is 0 Å². The van der Waals surface area contributed by atoms with Gasteiger partial charge in [0.2, 0.25) is 0 Å². The predicted molar refractivity (Wildman–Crippen MR) is 71.4 cm³/mol. The molecule has 1 aromatic rings. The average molecular weight is 271 g/mol. The number of nitrogens with zero attached hydrogens (tertiary/aromatic N) is 3. The molecule has 0 bridgehead atoms. The molecular formula is C14H13N3O3. The number of carbonyl (C=O) groups excluding carboxylic acids is 1. The van der Waals surface area contributed by atoms with Gasteiger partial charge in [0.25, 0.3) is 0 Å². The highest BCUT2D eigenvalue weighted by Gasteiger charge is 2.41. The third-order valence-electron chi connectivity index (χ3n) is 3.29. The Labute approximate surface area is 116 Å². The lowest BCUT2D eigenvalue weighted by atomic mass is 9.88. The van der Waals surface area contributed by atoms with Gasteiger partial charge >= 0.3 is 12.1 Å². The minimum atomic E-state index is -1.41. The summed E-state index contributed by atoms with van der Waals surface area (Å²) in [5, 5.41) is 18.5. The van der Waals surface area contributed by atoms with E-state index in [-0.39, 0.29) is 0 Å². The molecule has 2 atom stereocenters. The summed E-state index contributed by atoms with van der Waals surface area (Å²) in [6.45, 7) is 3.46. The zero-order valence-corrected chi connectivity index (χ0v) is 11.1. The molecule has 0 aliphatic carbocycles. The lowest BCUT2D eigenvalue weighted by Gasteiger charge is -2.33. The number of carbonyl (C=O) groups is 2. The van der Waals surface area contributed by atoms with Gasteiger partial charge in [-0.25, -0.2) is 19.5 Å². The second-order valence-electron chi connectivity index (χ2n) is 4.65. The van der Waals surface area contributed by atoms with Crippen molar-refractivity contribution < 1.29 is 14.7 Å². The van der Waals surface area contributed by atoms with Crippen molar-refractivity contribution in [3.8, 4) is 6.07 Å². The van der Waals surface area contributed by atoms with Crippen LogP contribution in [0.1, 0.15) is 24.1 Å². The number of imide groups is 1. The van der Waals surface area contributed by atoms with Crippen molar-refractivity contribution in [2.45, 2.75) is 19.9 Å². The Morgan fingerprint density at radius 1 is 1.35 bits per heavy atom. The molecule has 0 fully saturated rings. The molecule has 0 radical (unpaired) electrons. The fourth-order valence-corrected chi connectivity index (χ4v) is 2.24. The maximum Gasteiger partial charge on any atom is 0.416 e. The molecule has 0 saturated carbocycles. The van der Waals surface area contributed by atoms with Crippen molar-refractivity contribution in [1.82, 2.24) is 4.90 Å². The number of aryl methyl sites for hydroxylation is 1. The third kappa shape index (κ3) is 2.26. The number of rotatable bonds is 1. The van der Waals surface area contributed by atoms with Crippen LogP contribution in [0.2, 0.25) is 0 Å². The van der Waals surface area contributed by atoms with Crippen LogP contribution in [0.5, 0.6) is 0 Å². The second kappa shape index (κ2) is 5.13. The molecule has 3 amide bonds. The number of carboxylic acid groups (broad SMARTS) is 1. The minimum Gasteiger partial charge on any atom is -0.465 e. The number of amides is 3. The second-order valence-corrected chi connectivity index (χ2v) is 4.65. The molecule has 0 saturated heterocycles. The highest BCUT2D eigenvalue weighted by atomic mass is 16.4. The summed E-state index contributed by atoms with van der Waals surface area (Å²) in [7, 11) is 0. The normalized spacial score (nSPS) is 22.1. The highest BCUT2D eigenvalue weighted by Crippen LogP contribution is 2.33. The molecule has 2 rings (SSSR count). The number of nitriles is 1. The van der Waals surface area contributed by atoms with Crippen molar-refractivity contribution in [1.29, 1.82) is 5.26 Å². The van der Waals surface area contributed by atoms with Crippen LogP contribution in [0.15, 0.2) is 29.3 Å². The molecule has 2 unspecified atom stereocenters. The van der Waals surface area contributed by atoms with E-state index in [2.05, 4.69) is 4.99 Å². The van der Waals surface area contributed by atoms with Crippen molar-refractivity contribution in [3.63, 3.8) is 0 Å². The lowest BCUT2D eigenvalue weighted by molar-refractivity contribution is 0.129. The number of aliphatic imine (C=N–C) groups is 1. The first-order valence-electron chi connectivity index (χ1n) is 6.03. The summed E-state index contributed by atoms with van der Waals surface area (Å²) in [5.41, 5.74) is 1.95. The number of hydrogen-bond donors (Lipinski definition) is 1. The number of benzene rings is 1. The summed E-state index contributed by atoms with van der Waals surface area (Å²) < 4.78 is 0. The van der Waals surface area contributed by atoms with Gasteiger partial charge in [0.1, 0.15) is 5.92 Å². The van der Waals surface area contributed by atoms with Gasteiger partial charge < -0.3 is 5.11 Å². The summed E-state index contributed by atoms with van der Waals surface area (Å²) in [5.74, 6) is -0.772. The highest BCUT2D eigenvalue weighted by molar-refractivity contribution is 6.04. The van der Waals surface area contributed by atoms with E-state index in [4.69, 9.17) is 0 Å². The molecule has 6 heteroatoms. The quantitative estimate of drug-likeness (QED) is 0.849. The van der Waals surface area contributed by atoms with Crippen LogP contribution < -0.4 is 0 Å². The summed E-state index contributed by atoms with van der Waals surface area (Å²) in [6, 6.07) is 7.41. The van der Waals surface area contributed by atoms with E-state index in [1.807, 2.05) is 25.1 Å². The van der Waals surface area contributed by atoms with Crippen molar-refractivity contribution in [2.24, 2.45) is 10.9 Å². The topological polar surface area (TPSA) is 93.8 Å². The van der Waals surface area contributed by atoms with Gasteiger partial charge in [-0.15, -0.1) is 0 Å². The van der Waals surface area contributed by atoms with E-state index in [1.165, 1.54) is 0 Å². The van der Waals surface area contributed by atoms with Crippen molar-refractivity contribution >= 4 is 17.8 Å². The first kappa shape index (κ1) is 13.7. The van der Waals surface area contributed by atoms with Crippen LogP contribution >= 0.6 is 0 Å². The van der Waals surface area contributed by atoms with E-state index in [0.717, 1.165) is 5.56 Å². The third-order valence-corrected chi connectivity index (χ3v) is 3.29. The molecule has 0 aromatic heterocycles. The Balaban J connectivity index is 2.57. The van der Waals surface area contributed by atoms with Crippen LogP contribution in [0.4, 0.5) is 9.59 Å². The fraction of sp³-hybridized carbons (Fsp3) is 0.286. The molecule has 6 nitrogen and oxygen atoms in total. The Hall–Kier alpha value is -2.68. The van der Waals surface area contributed by atoms with Crippen LogP contribution in [0, 0.1) is 24.2 Å². The van der Waals surface area contributed by atoms with E-state index < -0.39 is 24.1 Å². The van der Waals surface area contributed by atoms with E-state index in [1.54, 1.807) is 19.1 Å². The molecule has 0 spiro atoms. The van der Waals surface area contributed by atoms with Gasteiger partial charge in [-0.1, -0.05) is 29.8 Å². The zero-order valence-electron chi connectivity index (χ0n) is 11.1. The maximum absolute atomic E-state index is 11.8. The van der Waals surface area contributed by atoms with Crippen LogP contribution in [0.25, 0.3) is 0 Å². The first-order chi connectivity index (χ1) is 9.45. The largest absolute Gasteiger partial charge is 0.465 e. The van der Waals surface area contributed by atoms with E-state index in [0.29, 0.717) is 16.2 Å².